The van der Waals surface area contributed by atoms with Gasteiger partial charge in [-0.05, 0) is 45.7 Å². The smallest absolute Gasteiger partial charge is 0.248 e. The van der Waals surface area contributed by atoms with Gasteiger partial charge in [-0.3, -0.25) is 9.59 Å². The number of hydrogen-bond acceptors (Lipinski definition) is 3. The topological polar surface area (TPSA) is 52.7 Å². The van der Waals surface area contributed by atoms with Gasteiger partial charge in [-0.1, -0.05) is 20.8 Å². The van der Waals surface area contributed by atoms with Gasteiger partial charge in [0.05, 0.1) is 0 Å². The normalized spacial score (nSPS) is 34.2. The summed E-state index contributed by atoms with van der Waals surface area (Å²) in [5.41, 5.74) is -0.800. The molecule has 2 fully saturated rings. The van der Waals surface area contributed by atoms with Gasteiger partial charge >= 0.3 is 0 Å². The fourth-order valence-electron chi connectivity index (χ4n) is 3.75. The first kappa shape index (κ1) is 16.3. The van der Waals surface area contributed by atoms with E-state index in [1.165, 1.54) is 0 Å². The van der Waals surface area contributed by atoms with Gasteiger partial charge in [0.1, 0.15) is 11.6 Å². The van der Waals surface area contributed by atoms with Crippen LogP contribution in [0, 0.1) is 11.8 Å². The Balaban J connectivity index is 2.34. The van der Waals surface area contributed by atoms with Crippen molar-refractivity contribution in [3.63, 3.8) is 0 Å². The summed E-state index contributed by atoms with van der Waals surface area (Å²) in [7, 11) is 2.11. The molecule has 0 aromatic rings. The third-order valence-electron chi connectivity index (χ3n) is 4.83. The van der Waals surface area contributed by atoms with Crippen molar-refractivity contribution < 1.29 is 9.59 Å². The molecule has 1 N–H and O–H groups in total. The maximum Gasteiger partial charge on any atom is 0.248 e. The number of amides is 2. The van der Waals surface area contributed by atoms with E-state index in [1.807, 2.05) is 18.7 Å². The number of likely N-dealkylation sites (tertiary alicyclic amines) is 1. The summed E-state index contributed by atoms with van der Waals surface area (Å²) in [6, 6.07) is -0.187. The molecule has 0 aromatic heterocycles. The minimum atomic E-state index is -0.800. The second-order valence-corrected chi connectivity index (χ2v) is 7.61. The molecule has 5 nitrogen and oxygen atoms in total. The maximum atomic E-state index is 12.9. The number of rotatable bonds is 2. The lowest BCUT2D eigenvalue weighted by atomic mass is 9.84. The third-order valence-corrected chi connectivity index (χ3v) is 4.83. The minimum Gasteiger partial charge on any atom is -0.340 e. The van der Waals surface area contributed by atoms with Crippen LogP contribution in [0.5, 0.6) is 0 Å². The van der Waals surface area contributed by atoms with E-state index in [-0.39, 0.29) is 29.8 Å². The summed E-state index contributed by atoms with van der Waals surface area (Å²) in [6.45, 7) is 11.8. The van der Waals surface area contributed by atoms with Crippen LogP contribution >= 0.6 is 0 Å². The van der Waals surface area contributed by atoms with Gasteiger partial charge in [-0.25, -0.2) is 0 Å². The molecule has 3 unspecified atom stereocenters. The van der Waals surface area contributed by atoms with Gasteiger partial charge < -0.3 is 15.1 Å². The van der Waals surface area contributed by atoms with E-state index in [0.29, 0.717) is 5.92 Å². The van der Waals surface area contributed by atoms with Crippen molar-refractivity contribution in [2.24, 2.45) is 11.8 Å². The second kappa shape index (κ2) is 5.59. The van der Waals surface area contributed by atoms with E-state index in [2.05, 4.69) is 24.2 Å². The quantitative estimate of drug-likeness (QED) is 0.829. The molecule has 2 aliphatic heterocycles. The van der Waals surface area contributed by atoms with E-state index in [9.17, 15) is 9.59 Å². The molecule has 2 rings (SSSR count). The van der Waals surface area contributed by atoms with Gasteiger partial charge in [0.25, 0.3) is 0 Å². The van der Waals surface area contributed by atoms with E-state index < -0.39 is 5.54 Å². The number of nitrogens with zero attached hydrogens (tertiary/aromatic N) is 2. The molecule has 3 atom stereocenters. The highest BCUT2D eigenvalue weighted by molar-refractivity contribution is 5.99. The predicted octanol–water partition coefficient (Wildman–Crippen LogP) is 1.09. The first-order valence-electron chi connectivity index (χ1n) is 7.98. The molecule has 5 heteroatoms. The van der Waals surface area contributed by atoms with E-state index in [0.717, 1.165) is 19.5 Å². The Hall–Kier alpha value is -1.10. The van der Waals surface area contributed by atoms with Crippen LogP contribution in [0.3, 0.4) is 0 Å². The fraction of sp³-hybridized carbons (Fsp3) is 0.875. The van der Waals surface area contributed by atoms with Crippen LogP contribution in [0.4, 0.5) is 0 Å². The van der Waals surface area contributed by atoms with Crippen LogP contribution in [0.25, 0.3) is 0 Å². The highest BCUT2D eigenvalue weighted by Crippen LogP contribution is 2.31. The number of nitrogens with one attached hydrogen (secondary N) is 1. The molecule has 21 heavy (non-hydrogen) atoms. The van der Waals surface area contributed by atoms with Crippen molar-refractivity contribution >= 4 is 11.8 Å². The zero-order valence-electron chi connectivity index (χ0n) is 14.1. The first-order chi connectivity index (χ1) is 9.65. The van der Waals surface area contributed by atoms with E-state index in [4.69, 9.17) is 0 Å². The summed E-state index contributed by atoms with van der Waals surface area (Å²) in [4.78, 5) is 29.6. The average Bonchev–Trinajstić information content (AvgIpc) is 2.33. The molecule has 2 heterocycles. The Morgan fingerprint density at radius 3 is 2.43 bits per heavy atom. The summed E-state index contributed by atoms with van der Waals surface area (Å²) in [5.74, 6) is 0.551. The van der Waals surface area contributed by atoms with Crippen molar-refractivity contribution in [2.75, 3.05) is 20.1 Å². The van der Waals surface area contributed by atoms with Crippen LogP contribution in [0.1, 0.15) is 41.0 Å². The predicted molar refractivity (Wildman–Crippen MR) is 82.8 cm³/mol. The summed E-state index contributed by atoms with van der Waals surface area (Å²) in [6.07, 6.45) is 0.940. The van der Waals surface area contributed by atoms with Crippen LogP contribution in [0.15, 0.2) is 0 Å². The van der Waals surface area contributed by atoms with E-state index in [1.54, 1.807) is 13.8 Å². The van der Waals surface area contributed by atoms with Gasteiger partial charge in [0.2, 0.25) is 11.8 Å². The molecule has 0 aliphatic carbocycles. The third kappa shape index (κ3) is 2.93. The number of hydrogen-bond donors (Lipinski definition) is 1. The Morgan fingerprint density at radius 1 is 1.29 bits per heavy atom. The van der Waals surface area contributed by atoms with Crippen LogP contribution in [-0.2, 0) is 9.59 Å². The van der Waals surface area contributed by atoms with Crippen LogP contribution in [0.2, 0.25) is 0 Å². The highest BCUT2D eigenvalue weighted by atomic mass is 16.2. The van der Waals surface area contributed by atoms with Crippen molar-refractivity contribution in [3.05, 3.63) is 0 Å². The molecule has 0 bridgehead atoms. The first-order valence-corrected chi connectivity index (χ1v) is 7.98. The Kier molecular flexibility index (Phi) is 4.34. The zero-order valence-corrected chi connectivity index (χ0v) is 14.1. The lowest BCUT2D eigenvalue weighted by molar-refractivity contribution is -0.161. The SMILES string of the molecule is CC(C)C1C(=O)NC(C)(C)C(=O)N1C1CCN(C)CC1C. The number of carbonyl (C=O) groups excluding carboxylic acids is 2. The highest BCUT2D eigenvalue weighted by Gasteiger charge is 2.50. The molecule has 0 radical (unpaired) electrons. The van der Waals surface area contributed by atoms with Crippen molar-refractivity contribution in [1.29, 1.82) is 0 Å². The largest absolute Gasteiger partial charge is 0.340 e. The van der Waals surface area contributed by atoms with Crippen LogP contribution < -0.4 is 5.32 Å². The molecule has 0 aromatic carbocycles. The monoisotopic (exact) mass is 295 g/mol. The van der Waals surface area contributed by atoms with Gasteiger partial charge in [0.15, 0.2) is 0 Å². The number of piperidine rings is 1. The molecule has 2 aliphatic rings. The Morgan fingerprint density at radius 2 is 1.90 bits per heavy atom. The molecule has 0 saturated carbocycles. The van der Waals surface area contributed by atoms with Crippen molar-refractivity contribution in [1.82, 2.24) is 15.1 Å². The lowest BCUT2D eigenvalue weighted by Crippen LogP contribution is -2.72. The minimum absolute atomic E-state index is 0.0132. The second-order valence-electron chi connectivity index (χ2n) is 7.61. The fourth-order valence-corrected chi connectivity index (χ4v) is 3.75. The zero-order chi connectivity index (χ0) is 15.9. The molecular formula is C16H29N3O2. The number of carbonyl (C=O) groups is 2. The Labute approximate surface area is 128 Å². The van der Waals surface area contributed by atoms with Crippen molar-refractivity contribution in [3.8, 4) is 0 Å². The molecule has 2 saturated heterocycles. The summed E-state index contributed by atoms with van der Waals surface area (Å²) < 4.78 is 0. The standard InChI is InChI=1S/C16H29N3O2/c1-10(2)13-14(20)17-16(4,5)15(21)19(13)12-7-8-18(6)9-11(12)3/h10-13H,7-9H2,1-6H3,(H,17,20). The number of piperazine rings is 1. The lowest BCUT2D eigenvalue weighted by Gasteiger charge is -2.51. The molecule has 120 valence electrons. The van der Waals surface area contributed by atoms with Gasteiger partial charge in [-0.15, -0.1) is 0 Å². The summed E-state index contributed by atoms with van der Waals surface area (Å²) in [5, 5.41) is 2.89. The van der Waals surface area contributed by atoms with Crippen LogP contribution in [-0.4, -0.2) is 59.4 Å². The molecule has 2 amide bonds. The van der Waals surface area contributed by atoms with Gasteiger partial charge in [0, 0.05) is 12.6 Å². The Bertz CT molecular complexity index is 433. The maximum absolute atomic E-state index is 12.9. The average molecular weight is 295 g/mol. The van der Waals surface area contributed by atoms with Crippen molar-refractivity contribution in [2.45, 2.75) is 58.7 Å². The molecular weight excluding hydrogens is 266 g/mol. The molecule has 0 spiro atoms. The summed E-state index contributed by atoms with van der Waals surface area (Å²) >= 11 is 0. The van der Waals surface area contributed by atoms with Gasteiger partial charge in [-0.2, -0.15) is 0 Å². The van der Waals surface area contributed by atoms with E-state index >= 15 is 0 Å².